The Hall–Kier alpha value is -0.810. The summed E-state index contributed by atoms with van der Waals surface area (Å²) >= 11 is 0. The van der Waals surface area contributed by atoms with Gasteiger partial charge in [-0.1, -0.05) is 6.92 Å². The van der Waals surface area contributed by atoms with Crippen LogP contribution in [0.1, 0.15) is 13.3 Å². The standard InChI is InChI=1S/C10H18N2O3/c1-5-8-7(15-10(11-2)12-8)3-6(4-13)9(5)14/h5-9,13-14H,3-4H2,1-2H3,(H,11,12). The molecule has 0 radical (unpaired) electrons. The van der Waals surface area contributed by atoms with Gasteiger partial charge in [0.15, 0.2) is 0 Å². The van der Waals surface area contributed by atoms with Crippen LogP contribution in [0.25, 0.3) is 0 Å². The molecular weight excluding hydrogens is 196 g/mol. The van der Waals surface area contributed by atoms with Crippen molar-refractivity contribution in [2.45, 2.75) is 31.6 Å². The number of amidine groups is 1. The number of nitrogens with zero attached hydrogens (tertiary/aromatic N) is 1. The molecule has 0 aromatic heterocycles. The third-order valence-corrected chi connectivity index (χ3v) is 3.51. The number of hydrogen-bond donors (Lipinski definition) is 3. The highest BCUT2D eigenvalue weighted by atomic mass is 16.5. The Morgan fingerprint density at radius 3 is 2.93 bits per heavy atom. The maximum atomic E-state index is 9.95. The van der Waals surface area contributed by atoms with Gasteiger partial charge in [0.25, 0.3) is 6.02 Å². The SMILES string of the molecule is CN=C1NC2C(CC(CO)C(O)C2C)O1. The van der Waals surface area contributed by atoms with Gasteiger partial charge in [0, 0.05) is 25.5 Å². The van der Waals surface area contributed by atoms with Crippen LogP contribution in [0.2, 0.25) is 0 Å². The second kappa shape index (κ2) is 3.98. The predicted molar refractivity (Wildman–Crippen MR) is 55.5 cm³/mol. The fourth-order valence-electron chi connectivity index (χ4n) is 2.53. The Morgan fingerprint density at radius 1 is 1.60 bits per heavy atom. The number of aliphatic hydroxyl groups is 2. The van der Waals surface area contributed by atoms with Crippen molar-refractivity contribution in [1.29, 1.82) is 0 Å². The van der Waals surface area contributed by atoms with Gasteiger partial charge in [0.2, 0.25) is 0 Å². The van der Waals surface area contributed by atoms with Crippen LogP contribution >= 0.6 is 0 Å². The molecule has 1 saturated carbocycles. The quantitative estimate of drug-likeness (QED) is 0.541. The Kier molecular flexibility index (Phi) is 2.84. The lowest BCUT2D eigenvalue weighted by Crippen LogP contribution is -2.51. The number of rotatable bonds is 1. The normalized spacial score (nSPS) is 47.2. The van der Waals surface area contributed by atoms with Crippen molar-refractivity contribution in [3.63, 3.8) is 0 Å². The summed E-state index contributed by atoms with van der Waals surface area (Å²) < 4.78 is 5.58. The summed E-state index contributed by atoms with van der Waals surface area (Å²) in [6.45, 7) is 1.98. The molecule has 2 aliphatic rings. The zero-order valence-corrected chi connectivity index (χ0v) is 9.05. The van der Waals surface area contributed by atoms with Gasteiger partial charge in [0.05, 0.1) is 12.1 Å². The van der Waals surface area contributed by atoms with E-state index in [0.29, 0.717) is 12.4 Å². The lowest BCUT2D eigenvalue weighted by Gasteiger charge is -2.38. The first-order valence-corrected chi connectivity index (χ1v) is 5.36. The third-order valence-electron chi connectivity index (χ3n) is 3.51. The Balaban J connectivity index is 2.13. The lowest BCUT2D eigenvalue weighted by atomic mass is 9.75. The van der Waals surface area contributed by atoms with E-state index in [1.807, 2.05) is 6.92 Å². The highest BCUT2D eigenvalue weighted by molar-refractivity contribution is 5.76. The zero-order valence-electron chi connectivity index (χ0n) is 9.05. The van der Waals surface area contributed by atoms with Crippen molar-refractivity contribution in [1.82, 2.24) is 5.32 Å². The van der Waals surface area contributed by atoms with Gasteiger partial charge in [-0.15, -0.1) is 0 Å². The van der Waals surface area contributed by atoms with Crippen molar-refractivity contribution < 1.29 is 14.9 Å². The molecule has 1 heterocycles. The minimum absolute atomic E-state index is 0.0106. The van der Waals surface area contributed by atoms with Crippen LogP contribution in [-0.2, 0) is 4.74 Å². The van der Waals surface area contributed by atoms with E-state index in [2.05, 4.69) is 10.3 Å². The average molecular weight is 214 g/mol. The molecule has 2 fully saturated rings. The van der Waals surface area contributed by atoms with Gasteiger partial charge < -0.3 is 20.3 Å². The second-order valence-electron chi connectivity index (χ2n) is 4.38. The first-order valence-electron chi connectivity index (χ1n) is 5.36. The predicted octanol–water partition coefficient (Wildman–Crippen LogP) is -0.662. The molecule has 1 aliphatic heterocycles. The molecule has 86 valence electrons. The lowest BCUT2D eigenvalue weighted by molar-refractivity contribution is -0.0448. The molecule has 5 nitrogen and oxygen atoms in total. The molecule has 5 unspecified atom stereocenters. The Morgan fingerprint density at radius 2 is 2.33 bits per heavy atom. The van der Waals surface area contributed by atoms with Crippen molar-refractivity contribution in [2.24, 2.45) is 16.8 Å². The van der Waals surface area contributed by atoms with Crippen LogP contribution in [0, 0.1) is 11.8 Å². The smallest absolute Gasteiger partial charge is 0.285 e. The average Bonchev–Trinajstić information content (AvgIpc) is 2.66. The highest BCUT2D eigenvalue weighted by Gasteiger charge is 2.46. The van der Waals surface area contributed by atoms with E-state index in [1.165, 1.54) is 0 Å². The molecule has 0 spiro atoms. The van der Waals surface area contributed by atoms with Crippen LogP contribution in [0.4, 0.5) is 0 Å². The Bertz CT molecular complexity index is 269. The molecule has 15 heavy (non-hydrogen) atoms. The fraction of sp³-hybridized carbons (Fsp3) is 0.900. The van der Waals surface area contributed by atoms with E-state index in [1.54, 1.807) is 7.05 Å². The van der Waals surface area contributed by atoms with Crippen molar-refractivity contribution >= 4 is 6.02 Å². The van der Waals surface area contributed by atoms with E-state index in [4.69, 9.17) is 9.84 Å². The van der Waals surface area contributed by atoms with Crippen molar-refractivity contribution in [3.05, 3.63) is 0 Å². The first kappa shape index (κ1) is 10.7. The van der Waals surface area contributed by atoms with Gasteiger partial charge in [-0.2, -0.15) is 0 Å². The molecule has 1 saturated heterocycles. The van der Waals surface area contributed by atoms with E-state index in [9.17, 15) is 5.11 Å². The number of fused-ring (bicyclic) bond motifs is 1. The molecule has 0 bridgehead atoms. The number of ether oxygens (including phenoxy) is 1. The molecule has 1 aliphatic carbocycles. The van der Waals surface area contributed by atoms with Gasteiger partial charge in [0.1, 0.15) is 6.10 Å². The monoisotopic (exact) mass is 214 g/mol. The van der Waals surface area contributed by atoms with Gasteiger partial charge in [-0.05, 0) is 6.42 Å². The van der Waals surface area contributed by atoms with Gasteiger partial charge >= 0.3 is 0 Å². The summed E-state index contributed by atoms with van der Waals surface area (Å²) in [4.78, 5) is 3.96. The first-order chi connectivity index (χ1) is 7.17. The van der Waals surface area contributed by atoms with E-state index < -0.39 is 6.10 Å². The molecule has 3 N–H and O–H groups in total. The van der Waals surface area contributed by atoms with Crippen LogP contribution in [0.5, 0.6) is 0 Å². The topological polar surface area (TPSA) is 74.1 Å². The third kappa shape index (κ3) is 1.70. The zero-order chi connectivity index (χ0) is 11.0. The molecule has 5 heteroatoms. The summed E-state index contributed by atoms with van der Waals surface area (Å²) in [6.07, 6.45) is 0.237. The summed E-state index contributed by atoms with van der Waals surface area (Å²) in [5, 5.41) is 22.3. The van der Waals surface area contributed by atoms with E-state index in [0.717, 1.165) is 0 Å². The largest absolute Gasteiger partial charge is 0.460 e. The summed E-state index contributed by atoms with van der Waals surface area (Å²) in [6, 6.07) is 0.657. The summed E-state index contributed by atoms with van der Waals surface area (Å²) in [5.74, 6) is -0.0144. The fourth-order valence-corrected chi connectivity index (χ4v) is 2.53. The molecule has 0 aromatic rings. The highest BCUT2D eigenvalue weighted by Crippen LogP contribution is 2.34. The molecule has 2 rings (SSSR count). The number of aliphatic imine (C=N–C) groups is 1. The van der Waals surface area contributed by atoms with Crippen molar-refractivity contribution in [3.8, 4) is 0 Å². The number of aliphatic hydroxyl groups excluding tert-OH is 2. The van der Waals surface area contributed by atoms with Crippen LogP contribution in [0.15, 0.2) is 4.99 Å². The second-order valence-corrected chi connectivity index (χ2v) is 4.38. The minimum atomic E-state index is -0.469. The summed E-state index contributed by atoms with van der Waals surface area (Å²) in [7, 11) is 1.67. The minimum Gasteiger partial charge on any atom is -0.460 e. The van der Waals surface area contributed by atoms with E-state index >= 15 is 0 Å². The maximum absolute atomic E-state index is 9.95. The van der Waals surface area contributed by atoms with Crippen LogP contribution in [-0.4, -0.2) is 48.1 Å². The maximum Gasteiger partial charge on any atom is 0.285 e. The summed E-state index contributed by atoms with van der Waals surface area (Å²) in [5.41, 5.74) is 0. The molecule has 5 atom stereocenters. The number of hydrogen-bond acceptors (Lipinski definition) is 4. The van der Waals surface area contributed by atoms with Crippen molar-refractivity contribution in [2.75, 3.05) is 13.7 Å². The van der Waals surface area contributed by atoms with Crippen LogP contribution in [0.3, 0.4) is 0 Å². The van der Waals surface area contributed by atoms with Crippen LogP contribution < -0.4 is 5.32 Å². The number of nitrogens with one attached hydrogen (secondary N) is 1. The molecule has 0 amide bonds. The van der Waals surface area contributed by atoms with Gasteiger partial charge in [-0.3, -0.25) is 0 Å². The van der Waals surface area contributed by atoms with E-state index in [-0.39, 0.29) is 30.6 Å². The van der Waals surface area contributed by atoms with Gasteiger partial charge in [-0.25, -0.2) is 4.99 Å². The molecule has 0 aromatic carbocycles. The molecular formula is C10H18N2O3. The Labute approximate surface area is 89.2 Å².